The van der Waals surface area contributed by atoms with Crippen LogP contribution in [-0.4, -0.2) is 37.9 Å². The minimum Gasteiger partial charge on any atom is -0.462 e. The molecule has 5 nitrogen and oxygen atoms in total. The summed E-state index contributed by atoms with van der Waals surface area (Å²) in [7, 11) is 0. The first-order valence-corrected chi connectivity index (χ1v) is 27.8. The fraction of sp³-hybridized carbons (Fsp3) is 0.797. The molecule has 0 aliphatic heterocycles. The Morgan fingerprint density at radius 2 is 0.688 bits per heavy atom. The number of hydrogen-bond acceptors (Lipinski definition) is 5. The Labute approximate surface area is 398 Å². The average Bonchev–Trinajstić information content (AvgIpc) is 3.30. The molecule has 1 unspecified atom stereocenters. The Bertz CT molecular complexity index is 1100. The van der Waals surface area contributed by atoms with Crippen molar-refractivity contribution in [1.29, 1.82) is 0 Å². The molecule has 0 aromatic carbocycles. The zero-order chi connectivity index (χ0) is 46.3. The standard InChI is InChI=1S/C59H106O5/c1-4-7-10-13-16-19-22-25-28-29-30-31-33-34-37-40-43-46-49-52-58(60)63-56-57(55-62-54-51-48-45-42-39-36-27-24-21-18-15-12-9-6-3)64-59(61)53-50-47-44-41-38-35-32-26-23-20-17-14-11-8-5-2/h12,15-16,19,21,24-26,28,32,57H,4-11,13-14,17-18,20,22-23,27,29-31,33-56H2,1-3H3/b15-12-,19-16-,24-21-,28-25-,32-26-. The lowest BCUT2D eigenvalue weighted by Crippen LogP contribution is -2.30. The molecule has 64 heavy (non-hydrogen) atoms. The van der Waals surface area contributed by atoms with Gasteiger partial charge in [-0.05, 0) is 103 Å². The second kappa shape index (κ2) is 54.9. The zero-order valence-electron chi connectivity index (χ0n) is 42.8. The highest BCUT2D eigenvalue weighted by Gasteiger charge is 2.17. The van der Waals surface area contributed by atoms with Gasteiger partial charge in [0.05, 0.1) is 6.61 Å². The van der Waals surface area contributed by atoms with Crippen molar-refractivity contribution in [1.82, 2.24) is 0 Å². The molecule has 0 N–H and O–H groups in total. The van der Waals surface area contributed by atoms with Gasteiger partial charge in [0.15, 0.2) is 6.10 Å². The number of hydrogen-bond donors (Lipinski definition) is 0. The summed E-state index contributed by atoms with van der Waals surface area (Å²) in [6, 6.07) is 0. The average molecular weight is 895 g/mol. The van der Waals surface area contributed by atoms with Gasteiger partial charge >= 0.3 is 11.9 Å². The zero-order valence-corrected chi connectivity index (χ0v) is 42.8. The van der Waals surface area contributed by atoms with Gasteiger partial charge in [0.1, 0.15) is 6.61 Å². The normalized spacial score (nSPS) is 12.6. The molecule has 0 aliphatic rings. The highest BCUT2D eigenvalue weighted by atomic mass is 16.6. The maximum absolute atomic E-state index is 12.8. The molecular weight excluding hydrogens is 789 g/mol. The van der Waals surface area contributed by atoms with Crippen molar-refractivity contribution in [3.05, 3.63) is 60.8 Å². The molecule has 0 fully saturated rings. The number of esters is 2. The Morgan fingerprint density at radius 3 is 1.14 bits per heavy atom. The molecule has 5 heteroatoms. The molecule has 0 aliphatic carbocycles. The van der Waals surface area contributed by atoms with E-state index in [1.807, 2.05) is 0 Å². The largest absolute Gasteiger partial charge is 0.462 e. The van der Waals surface area contributed by atoms with E-state index in [0.717, 1.165) is 64.2 Å². The molecular formula is C59H106O5. The molecule has 0 spiro atoms. The van der Waals surface area contributed by atoms with Gasteiger partial charge in [-0.15, -0.1) is 0 Å². The third kappa shape index (κ3) is 52.2. The Balaban J connectivity index is 4.27. The lowest BCUT2D eigenvalue weighted by atomic mass is 10.1. The highest BCUT2D eigenvalue weighted by Crippen LogP contribution is 2.15. The maximum atomic E-state index is 12.8. The molecule has 1 atom stereocenters. The molecule has 0 saturated heterocycles. The van der Waals surface area contributed by atoms with Gasteiger partial charge in [-0.3, -0.25) is 9.59 Å². The second-order valence-electron chi connectivity index (χ2n) is 18.5. The summed E-state index contributed by atoms with van der Waals surface area (Å²) in [4.78, 5) is 25.5. The quantitative estimate of drug-likeness (QED) is 0.0346. The molecule has 0 aromatic rings. The minimum atomic E-state index is -0.548. The van der Waals surface area contributed by atoms with Crippen LogP contribution in [0.3, 0.4) is 0 Å². The van der Waals surface area contributed by atoms with E-state index in [2.05, 4.69) is 81.5 Å². The summed E-state index contributed by atoms with van der Waals surface area (Å²) in [6.45, 7) is 7.73. The van der Waals surface area contributed by atoms with Gasteiger partial charge in [0.25, 0.3) is 0 Å². The van der Waals surface area contributed by atoms with Gasteiger partial charge in [-0.2, -0.15) is 0 Å². The van der Waals surface area contributed by atoms with Crippen LogP contribution in [0, 0.1) is 0 Å². The lowest BCUT2D eigenvalue weighted by Gasteiger charge is -2.18. The van der Waals surface area contributed by atoms with Crippen molar-refractivity contribution in [2.24, 2.45) is 0 Å². The van der Waals surface area contributed by atoms with Crippen LogP contribution in [0.1, 0.15) is 278 Å². The smallest absolute Gasteiger partial charge is 0.306 e. The third-order valence-electron chi connectivity index (χ3n) is 12.0. The number of unbranched alkanes of at least 4 members (excludes halogenated alkanes) is 30. The first-order valence-electron chi connectivity index (χ1n) is 27.8. The molecule has 0 aromatic heterocycles. The van der Waals surface area contributed by atoms with E-state index in [-0.39, 0.29) is 25.2 Å². The van der Waals surface area contributed by atoms with Gasteiger partial charge in [0, 0.05) is 19.4 Å². The van der Waals surface area contributed by atoms with Crippen molar-refractivity contribution >= 4 is 11.9 Å². The number of rotatable bonds is 51. The van der Waals surface area contributed by atoms with Gasteiger partial charge in [-0.25, -0.2) is 0 Å². The summed E-state index contributed by atoms with van der Waals surface area (Å²) in [5, 5.41) is 0. The van der Waals surface area contributed by atoms with Crippen molar-refractivity contribution in [2.75, 3.05) is 19.8 Å². The number of carbonyl (C=O) groups is 2. The van der Waals surface area contributed by atoms with Crippen molar-refractivity contribution in [2.45, 2.75) is 284 Å². The predicted octanol–water partition coefficient (Wildman–Crippen LogP) is 18.9. The van der Waals surface area contributed by atoms with Crippen LogP contribution in [0.2, 0.25) is 0 Å². The van der Waals surface area contributed by atoms with Crippen LogP contribution in [-0.2, 0) is 23.8 Å². The van der Waals surface area contributed by atoms with E-state index >= 15 is 0 Å². The van der Waals surface area contributed by atoms with Crippen molar-refractivity contribution in [3.8, 4) is 0 Å². The molecule has 0 amide bonds. The topological polar surface area (TPSA) is 61.8 Å². The van der Waals surface area contributed by atoms with Gasteiger partial charge in [0.2, 0.25) is 0 Å². The highest BCUT2D eigenvalue weighted by molar-refractivity contribution is 5.70. The van der Waals surface area contributed by atoms with E-state index in [1.165, 1.54) is 180 Å². The maximum Gasteiger partial charge on any atom is 0.306 e. The van der Waals surface area contributed by atoms with Crippen LogP contribution in [0.5, 0.6) is 0 Å². The molecule has 0 bridgehead atoms. The van der Waals surface area contributed by atoms with E-state index in [9.17, 15) is 9.59 Å². The monoisotopic (exact) mass is 895 g/mol. The fourth-order valence-electron chi connectivity index (χ4n) is 7.81. The summed E-state index contributed by atoms with van der Waals surface area (Å²) in [5.74, 6) is -0.409. The lowest BCUT2D eigenvalue weighted by molar-refractivity contribution is -0.163. The Hall–Kier alpha value is -2.40. The Kier molecular flexibility index (Phi) is 52.9. The summed E-state index contributed by atoms with van der Waals surface area (Å²) in [5.41, 5.74) is 0. The van der Waals surface area contributed by atoms with Crippen LogP contribution in [0.25, 0.3) is 0 Å². The second-order valence-corrected chi connectivity index (χ2v) is 18.5. The van der Waals surface area contributed by atoms with E-state index in [0.29, 0.717) is 19.4 Å². The first kappa shape index (κ1) is 61.6. The van der Waals surface area contributed by atoms with Crippen molar-refractivity contribution in [3.63, 3.8) is 0 Å². The van der Waals surface area contributed by atoms with E-state index in [4.69, 9.17) is 14.2 Å². The summed E-state index contributed by atoms with van der Waals surface area (Å²) in [6.07, 6.45) is 69.4. The van der Waals surface area contributed by atoms with Crippen LogP contribution >= 0.6 is 0 Å². The molecule has 0 heterocycles. The Morgan fingerprint density at radius 1 is 0.344 bits per heavy atom. The number of ether oxygens (including phenoxy) is 3. The predicted molar refractivity (Wildman–Crippen MR) is 279 cm³/mol. The molecule has 0 rings (SSSR count). The van der Waals surface area contributed by atoms with E-state index < -0.39 is 6.10 Å². The third-order valence-corrected chi connectivity index (χ3v) is 12.0. The first-order chi connectivity index (χ1) is 31.6. The van der Waals surface area contributed by atoms with Crippen LogP contribution in [0.4, 0.5) is 0 Å². The van der Waals surface area contributed by atoms with Gasteiger partial charge in [-0.1, -0.05) is 223 Å². The number of allylic oxidation sites excluding steroid dienone is 10. The van der Waals surface area contributed by atoms with Crippen LogP contribution < -0.4 is 0 Å². The number of carbonyl (C=O) groups excluding carboxylic acids is 2. The SMILES string of the molecule is CCC/C=C\C/C=C\CCCCCCCCOCC(COC(=O)CCCCCCCCCCC/C=C\C/C=C\CCCCC)OC(=O)CCCCCCC/C=C\CCCCCCCC. The van der Waals surface area contributed by atoms with Crippen molar-refractivity contribution < 1.29 is 23.8 Å². The van der Waals surface area contributed by atoms with E-state index in [1.54, 1.807) is 0 Å². The molecule has 372 valence electrons. The molecule has 0 saturated carbocycles. The summed E-state index contributed by atoms with van der Waals surface area (Å²) >= 11 is 0. The fourth-order valence-corrected chi connectivity index (χ4v) is 7.81. The van der Waals surface area contributed by atoms with Crippen LogP contribution in [0.15, 0.2) is 60.8 Å². The van der Waals surface area contributed by atoms with Gasteiger partial charge < -0.3 is 14.2 Å². The molecule has 0 radical (unpaired) electrons. The minimum absolute atomic E-state index is 0.0758. The summed E-state index contributed by atoms with van der Waals surface area (Å²) < 4.78 is 17.4.